The molecule has 0 aliphatic heterocycles. The monoisotopic (exact) mass is 271 g/mol. The Hall–Kier alpha value is -2.58. The Labute approximate surface area is 117 Å². The molecule has 0 aromatic heterocycles. The Morgan fingerprint density at radius 2 is 1.75 bits per heavy atom. The first-order valence-corrected chi connectivity index (χ1v) is 6.04. The van der Waals surface area contributed by atoms with Gasteiger partial charge in [-0.15, -0.1) is 0 Å². The van der Waals surface area contributed by atoms with Crippen LogP contribution in [-0.2, 0) is 0 Å². The summed E-state index contributed by atoms with van der Waals surface area (Å²) in [5.41, 5.74) is 1.76. The van der Waals surface area contributed by atoms with Crippen LogP contribution < -0.4 is 9.47 Å². The van der Waals surface area contributed by atoms with E-state index < -0.39 is 6.10 Å². The Balaban J connectivity index is 2.36. The maximum Gasteiger partial charge on any atom is 0.385 e. The second-order valence-corrected chi connectivity index (χ2v) is 4.20. The smallest absolute Gasteiger partial charge is 0.385 e. The maximum atomic E-state index is 10.4. The Bertz CT molecular complexity index is 633. The second kappa shape index (κ2) is 6.04. The highest BCUT2D eigenvalue weighted by Gasteiger charge is 2.17. The summed E-state index contributed by atoms with van der Waals surface area (Å²) in [6.07, 6.45) is -0.830. The standard InChI is InChI=1S/C15H15N2O3/c1-19-12-7-8-13(14(9-12)20-2)15(18)10-3-5-11(17-16)6-4-10/h3-9,15,18H,1-2H3/q+1. The highest BCUT2D eigenvalue weighted by atomic mass is 16.5. The van der Waals surface area contributed by atoms with Gasteiger partial charge in [-0.25, -0.2) is 0 Å². The number of hydrogen-bond acceptors (Lipinski definition) is 4. The highest BCUT2D eigenvalue weighted by molar-refractivity contribution is 5.49. The molecule has 0 aliphatic carbocycles. The van der Waals surface area contributed by atoms with Crippen LogP contribution in [0.4, 0.5) is 5.69 Å². The molecule has 1 N–H and O–H groups in total. The van der Waals surface area contributed by atoms with Crippen LogP contribution in [0.3, 0.4) is 0 Å². The van der Waals surface area contributed by atoms with Gasteiger partial charge in [-0.1, -0.05) is 0 Å². The van der Waals surface area contributed by atoms with Gasteiger partial charge < -0.3 is 14.6 Å². The molecular weight excluding hydrogens is 256 g/mol. The first-order chi connectivity index (χ1) is 9.69. The molecule has 2 aromatic rings. The zero-order valence-electron chi connectivity index (χ0n) is 11.3. The van der Waals surface area contributed by atoms with Crippen molar-refractivity contribution in [2.45, 2.75) is 6.10 Å². The predicted octanol–water partition coefficient (Wildman–Crippen LogP) is 3.27. The van der Waals surface area contributed by atoms with Gasteiger partial charge in [0.1, 0.15) is 17.6 Å². The third kappa shape index (κ3) is 2.71. The van der Waals surface area contributed by atoms with E-state index in [0.717, 1.165) is 0 Å². The molecule has 1 atom stereocenters. The van der Waals surface area contributed by atoms with Gasteiger partial charge in [0.25, 0.3) is 0 Å². The van der Waals surface area contributed by atoms with Crippen molar-refractivity contribution in [2.24, 2.45) is 0 Å². The Morgan fingerprint density at radius 3 is 2.30 bits per heavy atom. The summed E-state index contributed by atoms with van der Waals surface area (Å²) < 4.78 is 10.4. The molecule has 0 heterocycles. The second-order valence-electron chi connectivity index (χ2n) is 4.20. The molecule has 5 heteroatoms. The van der Waals surface area contributed by atoms with Crippen molar-refractivity contribution >= 4 is 5.69 Å². The van der Waals surface area contributed by atoms with Gasteiger partial charge >= 0.3 is 5.69 Å². The molecule has 20 heavy (non-hydrogen) atoms. The minimum absolute atomic E-state index is 0.433. The molecule has 0 saturated carbocycles. The number of ether oxygens (including phenoxy) is 2. The zero-order chi connectivity index (χ0) is 14.5. The fraction of sp³-hybridized carbons (Fsp3) is 0.200. The van der Waals surface area contributed by atoms with Crippen molar-refractivity contribution in [1.82, 2.24) is 0 Å². The summed E-state index contributed by atoms with van der Waals surface area (Å²) in [5, 5.41) is 19.1. The molecule has 2 aromatic carbocycles. The van der Waals surface area contributed by atoms with Crippen LogP contribution in [0.5, 0.6) is 11.5 Å². The average Bonchev–Trinajstić information content (AvgIpc) is 2.53. The van der Waals surface area contributed by atoms with E-state index in [1.165, 1.54) is 0 Å². The van der Waals surface area contributed by atoms with Gasteiger partial charge in [0.2, 0.25) is 5.39 Å². The Kier molecular flexibility index (Phi) is 4.18. The summed E-state index contributed by atoms with van der Waals surface area (Å²) in [5.74, 6) is 1.21. The zero-order valence-corrected chi connectivity index (χ0v) is 11.3. The third-order valence-corrected chi connectivity index (χ3v) is 3.06. The van der Waals surface area contributed by atoms with E-state index in [-0.39, 0.29) is 0 Å². The lowest BCUT2D eigenvalue weighted by Gasteiger charge is -2.15. The fourth-order valence-electron chi connectivity index (χ4n) is 1.95. The van der Waals surface area contributed by atoms with E-state index in [1.807, 2.05) is 0 Å². The molecule has 2 rings (SSSR count). The van der Waals surface area contributed by atoms with Gasteiger partial charge in [0, 0.05) is 23.8 Å². The van der Waals surface area contributed by atoms with Crippen LogP contribution >= 0.6 is 0 Å². The van der Waals surface area contributed by atoms with Crippen molar-refractivity contribution in [1.29, 1.82) is 5.39 Å². The van der Waals surface area contributed by atoms with Crippen LogP contribution in [0.1, 0.15) is 17.2 Å². The summed E-state index contributed by atoms with van der Waals surface area (Å²) >= 11 is 0. The molecule has 0 aliphatic rings. The number of benzene rings is 2. The van der Waals surface area contributed by atoms with Crippen molar-refractivity contribution in [3.63, 3.8) is 0 Å². The lowest BCUT2D eigenvalue weighted by molar-refractivity contribution is 0.214. The number of methoxy groups -OCH3 is 2. The van der Waals surface area contributed by atoms with Gasteiger partial charge in [-0.05, 0) is 29.8 Å². The van der Waals surface area contributed by atoms with Gasteiger partial charge in [-0.3, -0.25) is 0 Å². The number of aliphatic hydroxyl groups is 1. The molecular formula is C15H15N2O3+. The number of diazo groups is 1. The van der Waals surface area contributed by atoms with Crippen LogP contribution in [0, 0.1) is 5.39 Å². The van der Waals surface area contributed by atoms with Gasteiger partial charge in [0.15, 0.2) is 4.98 Å². The topological polar surface area (TPSA) is 66.8 Å². The number of nitrogens with zero attached hydrogens (tertiary/aromatic N) is 2. The molecule has 0 saturated heterocycles. The SMILES string of the molecule is COc1ccc(C(O)c2ccc([N+]#N)cc2)c(OC)c1. The van der Waals surface area contributed by atoms with Crippen molar-refractivity contribution in [3.8, 4) is 11.5 Å². The van der Waals surface area contributed by atoms with Crippen LogP contribution in [0.25, 0.3) is 4.98 Å². The van der Waals surface area contributed by atoms with E-state index in [2.05, 4.69) is 4.98 Å². The predicted molar refractivity (Wildman–Crippen MR) is 74.8 cm³/mol. The molecule has 1 unspecified atom stereocenters. The van der Waals surface area contributed by atoms with E-state index in [9.17, 15) is 5.11 Å². The molecule has 0 bridgehead atoms. The van der Waals surface area contributed by atoms with Gasteiger partial charge in [-0.2, -0.15) is 0 Å². The van der Waals surface area contributed by atoms with E-state index >= 15 is 0 Å². The number of rotatable bonds is 4. The molecule has 0 amide bonds. The molecule has 5 nitrogen and oxygen atoms in total. The minimum atomic E-state index is -0.830. The maximum absolute atomic E-state index is 10.4. The first-order valence-electron chi connectivity index (χ1n) is 6.04. The summed E-state index contributed by atoms with van der Waals surface area (Å²) in [6, 6.07) is 11.9. The van der Waals surface area contributed by atoms with Gasteiger partial charge in [0.05, 0.1) is 14.2 Å². The molecule has 0 fully saturated rings. The molecule has 0 spiro atoms. The first kappa shape index (κ1) is 13.8. The third-order valence-electron chi connectivity index (χ3n) is 3.06. The summed E-state index contributed by atoms with van der Waals surface area (Å²) in [6.45, 7) is 0. The largest absolute Gasteiger partial charge is 0.497 e. The van der Waals surface area contributed by atoms with Crippen LogP contribution in [0.2, 0.25) is 0 Å². The minimum Gasteiger partial charge on any atom is -0.497 e. The average molecular weight is 271 g/mol. The summed E-state index contributed by atoms with van der Waals surface area (Å²) in [4.78, 5) is 3.08. The molecule has 102 valence electrons. The lowest BCUT2D eigenvalue weighted by Crippen LogP contribution is -2.02. The van der Waals surface area contributed by atoms with Crippen LogP contribution in [-0.4, -0.2) is 19.3 Å². The lowest BCUT2D eigenvalue weighted by atomic mass is 10.0. The van der Waals surface area contributed by atoms with E-state index in [4.69, 9.17) is 14.9 Å². The van der Waals surface area contributed by atoms with Crippen molar-refractivity contribution in [2.75, 3.05) is 14.2 Å². The van der Waals surface area contributed by atoms with Crippen LogP contribution in [0.15, 0.2) is 42.5 Å². The normalized spacial score (nSPS) is 11.5. The van der Waals surface area contributed by atoms with E-state index in [0.29, 0.717) is 28.3 Å². The number of aliphatic hydroxyl groups excluding tert-OH is 1. The van der Waals surface area contributed by atoms with E-state index in [1.54, 1.807) is 56.7 Å². The Morgan fingerprint density at radius 1 is 1.05 bits per heavy atom. The number of hydrogen-bond donors (Lipinski definition) is 1. The van der Waals surface area contributed by atoms with Crippen molar-refractivity contribution in [3.05, 3.63) is 58.6 Å². The summed E-state index contributed by atoms with van der Waals surface area (Å²) in [7, 11) is 3.11. The fourth-order valence-corrected chi connectivity index (χ4v) is 1.95. The quantitative estimate of drug-likeness (QED) is 0.867. The highest BCUT2D eigenvalue weighted by Crippen LogP contribution is 2.33. The van der Waals surface area contributed by atoms with Crippen molar-refractivity contribution < 1.29 is 14.6 Å². The molecule has 0 radical (unpaired) electrons.